The molecule has 1 heterocycles. The Morgan fingerprint density at radius 1 is 0.900 bits per heavy atom. The van der Waals surface area contributed by atoms with Crippen molar-refractivity contribution in [1.29, 1.82) is 0 Å². The van der Waals surface area contributed by atoms with Gasteiger partial charge in [-0.25, -0.2) is 9.05 Å². The Morgan fingerprint density at radius 2 is 1.20 bits per heavy atom. The van der Waals surface area contributed by atoms with Crippen LogP contribution in [0.2, 0.25) is 0 Å². The summed E-state index contributed by atoms with van der Waals surface area (Å²) in [5.74, 6) is 0. The molecule has 10 heavy (non-hydrogen) atoms. The van der Waals surface area contributed by atoms with E-state index in [2.05, 4.69) is 9.05 Å². The van der Waals surface area contributed by atoms with Gasteiger partial charge in [-0.2, -0.15) is 21.8 Å². The fourth-order valence-corrected chi connectivity index (χ4v) is 0.916. The molecule has 0 unspecified atom stereocenters. The summed E-state index contributed by atoms with van der Waals surface area (Å²) in [7, 11) is -3.64. The smallest absolute Gasteiger partial charge is 0.236 e. The maximum atomic E-state index is 11.7. The van der Waals surface area contributed by atoms with Gasteiger partial charge in [0, 0.05) is 0 Å². The van der Waals surface area contributed by atoms with Crippen molar-refractivity contribution in [1.82, 2.24) is 0 Å². The molecule has 2 nitrogen and oxygen atoms in total. The monoisotopic (exact) mass is 182 g/mol. The zero-order chi connectivity index (χ0) is 7.99. The minimum absolute atomic E-state index is 2.86. The minimum Gasteiger partial charge on any atom is -0.236 e. The largest absolute Gasteiger partial charge is 0.455 e. The highest BCUT2D eigenvalue weighted by molar-refractivity contribution is 7.41. The lowest BCUT2D eigenvalue weighted by atomic mass is 10.6. The van der Waals surface area contributed by atoms with Gasteiger partial charge in [0.15, 0.2) is 0 Å². The van der Waals surface area contributed by atoms with Crippen LogP contribution in [0, 0.1) is 0 Å². The predicted octanol–water partition coefficient (Wildman–Crippen LogP) is 2.42. The second-order valence-corrected chi connectivity index (χ2v) is 2.22. The molecule has 0 amide bonds. The average molecular weight is 182 g/mol. The van der Waals surface area contributed by atoms with Crippen LogP contribution in [0.25, 0.3) is 0 Å². The van der Waals surface area contributed by atoms with Crippen molar-refractivity contribution in [2.75, 3.05) is 0 Å². The Labute approximate surface area is 52.9 Å². The van der Waals surface area contributed by atoms with Crippen molar-refractivity contribution in [2.24, 2.45) is 0 Å². The van der Waals surface area contributed by atoms with E-state index < -0.39 is 20.9 Å². The standard InChI is InChI=1S/C2F5O2P/c3-1(4)2(5,6)9-10(7)8-1. The topological polar surface area (TPSA) is 18.5 Å². The molecule has 1 fully saturated rings. The van der Waals surface area contributed by atoms with Crippen LogP contribution < -0.4 is 0 Å². The lowest BCUT2D eigenvalue weighted by Crippen LogP contribution is -2.36. The van der Waals surface area contributed by atoms with Crippen LogP contribution in [0.4, 0.5) is 21.8 Å². The van der Waals surface area contributed by atoms with Crippen LogP contribution in [0.1, 0.15) is 0 Å². The van der Waals surface area contributed by atoms with Crippen molar-refractivity contribution < 1.29 is 30.8 Å². The molecule has 0 radical (unpaired) electrons. The molecule has 0 saturated carbocycles. The highest BCUT2D eigenvalue weighted by Gasteiger charge is 2.69. The van der Waals surface area contributed by atoms with Gasteiger partial charge in [0.25, 0.3) is 0 Å². The van der Waals surface area contributed by atoms with E-state index in [4.69, 9.17) is 0 Å². The van der Waals surface area contributed by atoms with E-state index in [9.17, 15) is 21.8 Å². The molecule has 0 N–H and O–H groups in total. The fourth-order valence-electron chi connectivity index (χ4n) is 0.305. The summed E-state index contributed by atoms with van der Waals surface area (Å²) in [5, 5.41) is 0. The summed E-state index contributed by atoms with van der Waals surface area (Å²) in [6.07, 6.45) is -9.68. The molecule has 1 saturated heterocycles. The van der Waals surface area contributed by atoms with Gasteiger partial charge >= 0.3 is 20.9 Å². The summed E-state index contributed by atoms with van der Waals surface area (Å²) >= 11 is 0. The first-order valence-electron chi connectivity index (χ1n) is 1.95. The highest BCUT2D eigenvalue weighted by Crippen LogP contribution is 2.61. The van der Waals surface area contributed by atoms with Crippen molar-refractivity contribution in [3.63, 3.8) is 0 Å². The maximum Gasteiger partial charge on any atom is 0.455 e. The third kappa shape index (κ3) is 1.09. The second-order valence-electron chi connectivity index (χ2n) is 1.43. The summed E-state index contributed by atoms with van der Waals surface area (Å²) in [4.78, 5) is 0. The SMILES string of the molecule is FP1OC(F)(F)C(F)(F)O1. The van der Waals surface area contributed by atoms with Gasteiger partial charge in [-0.05, 0) is 0 Å². The van der Waals surface area contributed by atoms with Gasteiger partial charge in [0.1, 0.15) is 0 Å². The van der Waals surface area contributed by atoms with Crippen LogP contribution in [0.3, 0.4) is 0 Å². The van der Waals surface area contributed by atoms with E-state index in [1.807, 2.05) is 0 Å². The van der Waals surface area contributed by atoms with Gasteiger partial charge in [-0.1, -0.05) is 0 Å². The van der Waals surface area contributed by atoms with Gasteiger partial charge in [-0.3, -0.25) is 0 Å². The summed E-state index contributed by atoms with van der Waals surface area (Å²) < 4.78 is 63.9. The Bertz CT molecular complexity index is 133. The van der Waals surface area contributed by atoms with Gasteiger partial charge in [0.05, 0.1) is 0 Å². The van der Waals surface area contributed by atoms with Crippen LogP contribution in [0.15, 0.2) is 0 Å². The number of halogens is 5. The van der Waals surface area contributed by atoms with E-state index >= 15 is 0 Å². The lowest BCUT2D eigenvalue weighted by Gasteiger charge is -2.11. The Balaban J connectivity index is 2.78. The number of hydrogen-bond donors (Lipinski definition) is 0. The molecule has 1 aliphatic heterocycles. The molecular weight excluding hydrogens is 182 g/mol. The number of rotatable bonds is 0. The molecular formula is C2F5O2P. The average Bonchev–Trinajstić information content (AvgIpc) is 1.73. The Hall–Kier alpha value is -0.0000000000000000208. The van der Waals surface area contributed by atoms with Crippen molar-refractivity contribution in [3.05, 3.63) is 0 Å². The number of alkyl halides is 4. The van der Waals surface area contributed by atoms with Gasteiger partial charge in [-0.15, -0.1) is 0 Å². The molecule has 0 aliphatic carbocycles. The predicted molar refractivity (Wildman–Crippen MR) is 20.1 cm³/mol. The highest BCUT2D eigenvalue weighted by atomic mass is 31.2. The molecule has 1 rings (SSSR count). The van der Waals surface area contributed by atoms with Crippen molar-refractivity contribution in [3.8, 4) is 0 Å². The summed E-state index contributed by atoms with van der Waals surface area (Å²) in [5.41, 5.74) is 0. The third-order valence-electron chi connectivity index (χ3n) is 0.712. The molecule has 0 bridgehead atoms. The third-order valence-corrected chi connectivity index (χ3v) is 1.46. The Morgan fingerprint density at radius 3 is 1.30 bits per heavy atom. The first-order valence-corrected chi connectivity index (χ1v) is 3.02. The van der Waals surface area contributed by atoms with Crippen LogP contribution in [-0.4, -0.2) is 12.2 Å². The molecule has 0 aromatic carbocycles. The first-order chi connectivity index (χ1) is 4.35. The summed E-state index contributed by atoms with van der Waals surface area (Å²) in [6, 6.07) is 0. The molecule has 1 aliphatic rings. The normalized spacial score (nSPS) is 30.9. The number of hydrogen-bond acceptors (Lipinski definition) is 2. The zero-order valence-electron chi connectivity index (χ0n) is 4.15. The molecule has 0 aromatic rings. The van der Waals surface area contributed by atoms with Crippen LogP contribution in [0.5, 0.6) is 0 Å². The Kier molecular flexibility index (Phi) is 1.61. The van der Waals surface area contributed by atoms with E-state index in [0.29, 0.717) is 0 Å². The van der Waals surface area contributed by atoms with Crippen molar-refractivity contribution >= 4 is 8.69 Å². The van der Waals surface area contributed by atoms with Crippen LogP contribution in [-0.2, 0) is 9.05 Å². The molecule has 60 valence electrons. The quantitative estimate of drug-likeness (QED) is 0.423. The van der Waals surface area contributed by atoms with Gasteiger partial charge in [0.2, 0.25) is 0 Å². The summed E-state index contributed by atoms with van der Waals surface area (Å²) in [6.45, 7) is 0. The lowest BCUT2D eigenvalue weighted by molar-refractivity contribution is -0.344. The maximum absolute atomic E-state index is 11.7. The molecule has 8 heteroatoms. The van der Waals surface area contributed by atoms with E-state index in [1.165, 1.54) is 0 Å². The van der Waals surface area contributed by atoms with Crippen molar-refractivity contribution in [2.45, 2.75) is 12.2 Å². The van der Waals surface area contributed by atoms with Crippen LogP contribution >= 0.6 is 8.69 Å². The first kappa shape index (κ1) is 8.10. The van der Waals surface area contributed by atoms with E-state index in [-0.39, 0.29) is 0 Å². The van der Waals surface area contributed by atoms with Gasteiger partial charge < -0.3 is 0 Å². The molecule has 0 aromatic heterocycles. The minimum atomic E-state index is -4.84. The zero-order valence-corrected chi connectivity index (χ0v) is 5.05. The van der Waals surface area contributed by atoms with E-state index in [1.54, 1.807) is 0 Å². The van der Waals surface area contributed by atoms with E-state index in [0.717, 1.165) is 0 Å². The second kappa shape index (κ2) is 1.99. The fraction of sp³-hybridized carbons (Fsp3) is 1.00. The molecule has 0 atom stereocenters. The molecule has 0 spiro atoms.